The molecule has 0 aliphatic carbocycles. The average molecular weight is 349 g/mol. The van der Waals surface area contributed by atoms with Crippen molar-refractivity contribution in [1.82, 2.24) is 5.32 Å². The molecule has 1 rings (SSSR count). The van der Waals surface area contributed by atoms with Gasteiger partial charge in [-0.1, -0.05) is 44.2 Å². The number of hydrogen-bond donors (Lipinski definition) is 1. The molecule has 1 atom stereocenters. The van der Waals surface area contributed by atoms with Crippen molar-refractivity contribution in [3.05, 3.63) is 35.9 Å². The SMILES string of the molecule is CC(C)C(NC(=O)OCc1ccccc1)C(=O)CC(=O)OC(C)(C)C. The van der Waals surface area contributed by atoms with Gasteiger partial charge in [-0.25, -0.2) is 4.79 Å². The highest BCUT2D eigenvalue weighted by molar-refractivity contribution is 5.99. The van der Waals surface area contributed by atoms with Crippen molar-refractivity contribution >= 4 is 17.8 Å². The van der Waals surface area contributed by atoms with Crippen LogP contribution in [-0.4, -0.2) is 29.5 Å². The minimum atomic E-state index is -0.809. The Bertz CT molecular complexity index is 590. The molecule has 6 nitrogen and oxygen atoms in total. The number of ether oxygens (including phenoxy) is 2. The molecule has 1 aromatic carbocycles. The van der Waals surface area contributed by atoms with Crippen LogP contribution in [0.25, 0.3) is 0 Å². The topological polar surface area (TPSA) is 81.7 Å². The molecule has 0 fully saturated rings. The summed E-state index contributed by atoms with van der Waals surface area (Å²) in [5.74, 6) is -1.19. The minimum Gasteiger partial charge on any atom is -0.460 e. The zero-order chi connectivity index (χ0) is 19.0. The van der Waals surface area contributed by atoms with E-state index in [0.29, 0.717) is 0 Å². The van der Waals surface area contributed by atoms with Crippen LogP contribution in [0.1, 0.15) is 46.6 Å². The number of benzene rings is 1. The van der Waals surface area contributed by atoms with Gasteiger partial charge in [-0.2, -0.15) is 0 Å². The fourth-order valence-corrected chi connectivity index (χ4v) is 2.14. The third kappa shape index (κ3) is 8.33. The van der Waals surface area contributed by atoms with E-state index >= 15 is 0 Å². The van der Waals surface area contributed by atoms with E-state index in [-0.39, 0.29) is 18.9 Å². The van der Waals surface area contributed by atoms with Crippen LogP contribution in [0.4, 0.5) is 4.79 Å². The molecule has 0 aliphatic rings. The van der Waals surface area contributed by atoms with Crippen LogP contribution in [-0.2, 0) is 25.7 Å². The molecule has 1 N–H and O–H groups in total. The van der Waals surface area contributed by atoms with E-state index in [2.05, 4.69) is 5.32 Å². The molecule has 0 aromatic heterocycles. The Labute approximate surface area is 148 Å². The van der Waals surface area contributed by atoms with Crippen molar-refractivity contribution in [2.75, 3.05) is 0 Å². The summed E-state index contributed by atoms with van der Waals surface area (Å²) >= 11 is 0. The summed E-state index contributed by atoms with van der Waals surface area (Å²) in [5, 5.41) is 2.54. The van der Waals surface area contributed by atoms with E-state index < -0.39 is 29.5 Å². The third-order valence-electron chi connectivity index (χ3n) is 3.24. The van der Waals surface area contributed by atoms with Crippen molar-refractivity contribution in [3.8, 4) is 0 Å². The van der Waals surface area contributed by atoms with Crippen LogP contribution in [0, 0.1) is 5.92 Å². The lowest BCUT2D eigenvalue weighted by Gasteiger charge is -2.23. The minimum absolute atomic E-state index is 0.109. The Kier molecular flexibility index (Phi) is 7.61. The average Bonchev–Trinajstić information content (AvgIpc) is 2.49. The van der Waals surface area contributed by atoms with Gasteiger partial charge < -0.3 is 14.8 Å². The molecule has 138 valence electrons. The van der Waals surface area contributed by atoms with E-state index in [9.17, 15) is 14.4 Å². The summed E-state index contributed by atoms with van der Waals surface area (Å²) in [6.45, 7) is 8.87. The van der Waals surface area contributed by atoms with Crippen LogP contribution < -0.4 is 5.32 Å². The van der Waals surface area contributed by atoms with Gasteiger partial charge in [0, 0.05) is 0 Å². The monoisotopic (exact) mass is 349 g/mol. The number of Topliss-reactive ketones (excluding diaryl/α,β-unsaturated/α-hetero) is 1. The first kappa shape index (κ1) is 20.7. The first-order valence-corrected chi connectivity index (χ1v) is 8.30. The van der Waals surface area contributed by atoms with E-state index in [0.717, 1.165) is 5.56 Å². The highest BCUT2D eigenvalue weighted by Gasteiger charge is 2.28. The molecular formula is C19H27NO5. The zero-order valence-corrected chi connectivity index (χ0v) is 15.5. The Morgan fingerprint density at radius 2 is 1.68 bits per heavy atom. The Balaban J connectivity index is 2.56. The Hall–Kier alpha value is -2.37. The molecule has 0 radical (unpaired) electrons. The number of carbonyl (C=O) groups excluding carboxylic acids is 3. The lowest BCUT2D eigenvalue weighted by atomic mass is 9.98. The second-order valence-electron chi connectivity index (χ2n) is 7.16. The predicted molar refractivity (Wildman–Crippen MR) is 93.9 cm³/mol. The molecule has 0 bridgehead atoms. The maximum atomic E-state index is 12.3. The molecule has 0 saturated carbocycles. The lowest BCUT2D eigenvalue weighted by Crippen LogP contribution is -2.45. The Morgan fingerprint density at radius 3 is 2.20 bits per heavy atom. The number of esters is 1. The van der Waals surface area contributed by atoms with Gasteiger partial charge in [-0.05, 0) is 32.3 Å². The number of alkyl carbamates (subject to hydrolysis) is 1. The van der Waals surface area contributed by atoms with E-state index in [1.54, 1.807) is 34.6 Å². The molecule has 6 heteroatoms. The van der Waals surface area contributed by atoms with Crippen molar-refractivity contribution in [3.63, 3.8) is 0 Å². The fraction of sp³-hybridized carbons (Fsp3) is 0.526. The summed E-state index contributed by atoms with van der Waals surface area (Å²) in [6.07, 6.45) is -1.08. The Morgan fingerprint density at radius 1 is 1.08 bits per heavy atom. The maximum Gasteiger partial charge on any atom is 0.408 e. The van der Waals surface area contributed by atoms with Crippen molar-refractivity contribution in [2.45, 2.75) is 59.3 Å². The summed E-state index contributed by atoms with van der Waals surface area (Å²) in [5.41, 5.74) is 0.186. The molecule has 0 heterocycles. The number of rotatable bonds is 7. The van der Waals surface area contributed by atoms with Gasteiger partial charge in [0.15, 0.2) is 5.78 Å². The molecule has 0 saturated heterocycles. The predicted octanol–water partition coefficient (Wildman–Crippen LogP) is 3.24. The van der Waals surface area contributed by atoms with Gasteiger partial charge in [0.25, 0.3) is 0 Å². The van der Waals surface area contributed by atoms with Crippen LogP contribution in [0.2, 0.25) is 0 Å². The van der Waals surface area contributed by atoms with Crippen molar-refractivity contribution in [2.24, 2.45) is 5.92 Å². The normalized spacial score (nSPS) is 12.4. The highest BCUT2D eigenvalue weighted by atomic mass is 16.6. The summed E-state index contributed by atoms with van der Waals surface area (Å²) in [7, 11) is 0. The second kappa shape index (κ2) is 9.20. The standard InChI is InChI=1S/C19H27NO5/c1-13(2)17(15(21)11-16(22)25-19(3,4)5)20-18(23)24-12-14-9-7-6-8-10-14/h6-10,13,17H,11-12H2,1-5H3,(H,20,23). The van der Waals surface area contributed by atoms with E-state index in [1.165, 1.54) is 0 Å². The number of carbonyl (C=O) groups is 3. The summed E-state index contributed by atoms with van der Waals surface area (Å²) < 4.78 is 10.3. The van der Waals surface area contributed by atoms with Crippen LogP contribution in [0.5, 0.6) is 0 Å². The van der Waals surface area contributed by atoms with Gasteiger partial charge in [-0.3, -0.25) is 9.59 Å². The van der Waals surface area contributed by atoms with Crippen LogP contribution in [0.3, 0.4) is 0 Å². The number of ketones is 1. The summed E-state index contributed by atoms with van der Waals surface area (Å²) in [6, 6.07) is 8.42. The first-order valence-electron chi connectivity index (χ1n) is 8.30. The van der Waals surface area contributed by atoms with Gasteiger partial charge in [0.1, 0.15) is 18.6 Å². The highest BCUT2D eigenvalue weighted by Crippen LogP contribution is 2.11. The van der Waals surface area contributed by atoms with Gasteiger partial charge >= 0.3 is 12.1 Å². The van der Waals surface area contributed by atoms with Gasteiger partial charge in [-0.15, -0.1) is 0 Å². The lowest BCUT2D eigenvalue weighted by molar-refractivity contribution is -0.156. The third-order valence-corrected chi connectivity index (χ3v) is 3.24. The largest absolute Gasteiger partial charge is 0.460 e. The van der Waals surface area contributed by atoms with Gasteiger partial charge in [0.05, 0.1) is 6.04 Å². The van der Waals surface area contributed by atoms with Crippen molar-refractivity contribution < 1.29 is 23.9 Å². The smallest absolute Gasteiger partial charge is 0.408 e. The molecule has 1 amide bonds. The van der Waals surface area contributed by atoms with Crippen LogP contribution >= 0.6 is 0 Å². The van der Waals surface area contributed by atoms with Gasteiger partial charge in [0.2, 0.25) is 0 Å². The number of nitrogens with one attached hydrogen (secondary N) is 1. The molecule has 1 unspecified atom stereocenters. The molecule has 25 heavy (non-hydrogen) atoms. The molecule has 0 spiro atoms. The molecule has 0 aliphatic heterocycles. The number of amides is 1. The zero-order valence-electron chi connectivity index (χ0n) is 15.5. The molecule has 1 aromatic rings. The fourth-order valence-electron chi connectivity index (χ4n) is 2.14. The maximum absolute atomic E-state index is 12.3. The van der Waals surface area contributed by atoms with Crippen LogP contribution in [0.15, 0.2) is 30.3 Å². The van der Waals surface area contributed by atoms with E-state index in [4.69, 9.17) is 9.47 Å². The van der Waals surface area contributed by atoms with E-state index in [1.807, 2.05) is 30.3 Å². The number of hydrogen-bond acceptors (Lipinski definition) is 5. The summed E-state index contributed by atoms with van der Waals surface area (Å²) in [4.78, 5) is 36.1. The quantitative estimate of drug-likeness (QED) is 0.604. The first-order chi connectivity index (χ1) is 11.6. The molecular weight excluding hydrogens is 322 g/mol. The second-order valence-corrected chi connectivity index (χ2v) is 7.16. The van der Waals surface area contributed by atoms with Crippen molar-refractivity contribution in [1.29, 1.82) is 0 Å².